The SMILES string of the molecule is CCCCCn1cnc2cc(C(=O)OC)ccc21. The Morgan fingerprint density at radius 2 is 2.22 bits per heavy atom. The van der Waals surface area contributed by atoms with Gasteiger partial charge in [-0.25, -0.2) is 9.78 Å². The van der Waals surface area contributed by atoms with Gasteiger partial charge in [-0.2, -0.15) is 0 Å². The lowest BCUT2D eigenvalue weighted by Crippen LogP contribution is -2.01. The molecule has 0 aliphatic heterocycles. The summed E-state index contributed by atoms with van der Waals surface area (Å²) in [4.78, 5) is 15.7. The number of esters is 1. The molecule has 0 spiro atoms. The second-order valence-corrected chi connectivity index (χ2v) is 4.34. The number of aryl methyl sites for hydroxylation is 1. The van der Waals surface area contributed by atoms with Gasteiger partial charge in [-0.3, -0.25) is 0 Å². The monoisotopic (exact) mass is 246 g/mol. The van der Waals surface area contributed by atoms with Gasteiger partial charge in [0.25, 0.3) is 0 Å². The van der Waals surface area contributed by atoms with Crippen molar-refractivity contribution in [2.45, 2.75) is 32.7 Å². The van der Waals surface area contributed by atoms with Crippen LogP contribution >= 0.6 is 0 Å². The highest BCUT2D eigenvalue weighted by Crippen LogP contribution is 2.16. The fourth-order valence-electron chi connectivity index (χ4n) is 2.02. The average Bonchev–Trinajstić information content (AvgIpc) is 2.80. The van der Waals surface area contributed by atoms with E-state index in [-0.39, 0.29) is 5.97 Å². The van der Waals surface area contributed by atoms with Gasteiger partial charge in [-0.05, 0) is 24.6 Å². The molecule has 1 aromatic carbocycles. The minimum Gasteiger partial charge on any atom is -0.465 e. The van der Waals surface area contributed by atoms with Crippen LogP contribution in [-0.2, 0) is 11.3 Å². The van der Waals surface area contributed by atoms with Crippen LogP contribution in [0.5, 0.6) is 0 Å². The first-order chi connectivity index (χ1) is 8.76. The topological polar surface area (TPSA) is 44.1 Å². The summed E-state index contributed by atoms with van der Waals surface area (Å²) in [6.07, 6.45) is 5.42. The van der Waals surface area contributed by atoms with Crippen LogP contribution in [0.4, 0.5) is 0 Å². The number of methoxy groups -OCH3 is 1. The minimum absolute atomic E-state index is 0.322. The third-order valence-corrected chi connectivity index (χ3v) is 3.04. The quantitative estimate of drug-likeness (QED) is 0.601. The molecule has 18 heavy (non-hydrogen) atoms. The van der Waals surface area contributed by atoms with Crippen LogP contribution in [0.1, 0.15) is 36.5 Å². The van der Waals surface area contributed by atoms with E-state index in [2.05, 4.69) is 16.5 Å². The molecule has 0 unspecified atom stereocenters. The van der Waals surface area contributed by atoms with Crippen molar-refractivity contribution in [2.75, 3.05) is 7.11 Å². The Kier molecular flexibility index (Phi) is 3.97. The Balaban J connectivity index is 2.23. The lowest BCUT2D eigenvalue weighted by molar-refractivity contribution is 0.0601. The zero-order chi connectivity index (χ0) is 13.0. The molecule has 4 nitrogen and oxygen atoms in total. The summed E-state index contributed by atoms with van der Waals surface area (Å²) in [5.74, 6) is -0.322. The molecule has 0 aliphatic rings. The predicted octanol–water partition coefficient (Wildman–Crippen LogP) is 3.01. The van der Waals surface area contributed by atoms with Crippen molar-refractivity contribution in [3.05, 3.63) is 30.1 Å². The Labute approximate surface area is 107 Å². The number of nitrogens with zero attached hydrogens (tertiary/aromatic N) is 2. The van der Waals surface area contributed by atoms with Crippen molar-refractivity contribution in [2.24, 2.45) is 0 Å². The number of carbonyl (C=O) groups excluding carboxylic acids is 1. The first-order valence-electron chi connectivity index (χ1n) is 6.29. The van der Waals surface area contributed by atoms with Gasteiger partial charge in [0.2, 0.25) is 0 Å². The van der Waals surface area contributed by atoms with E-state index in [0.717, 1.165) is 24.0 Å². The Bertz CT molecular complexity index is 546. The third-order valence-electron chi connectivity index (χ3n) is 3.04. The number of ether oxygens (including phenoxy) is 1. The number of fused-ring (bicyclic) bond motifs is 1. The van der Waals surface area contributed by atoms with Gasteiger partial charge < -0.3 is 9.30 Å². The van der Waals surface area contributed by atoms with Gasteiger partial charge in [0.05, 0.1) is 30.0 Å². The maximum atomic E-state index is 11.4. The maximum Gasteiger partial charge on any atom is 0.337 e. The van der Waals surface area contributed by atoms with Crippen LogP contribution in [0.25, 0.3) is 11.0 Å². The van der Waals surface area contributed by atoms with Crippen LogP contribution in [0.2, 0.25) is 0 Å². The van der Waals surface area contributed by atoms with Gasteiger partial charge in [-0.15, -0.1) is 0 Å². The number of rotatable bonds is 5. The van der Waals surface area contributed by atoms with Gasteiger partial charge in [0.15, 0.2) is 0 Å². The highest BCUT2D eigenvalue weighted by Gasteiger charge is 2.08. The van der Waals surface area contributed by atoms with E-state index in [1.807, 2.05) is 12.4 Å². The number of imidazole rings is 1. The zero-order valence-corrected chi connectivity index (χ0v) is 10.8. The van der Waals surface area contributed by atoms with Gasteiger partial charge >= 0.3 is 5.97 Å². The number of carbonyl (C=O) groups is 1. The molecule has 0 aliphatic carbocycles. The van der Waals surface area contributed by atoms with Crippen LogP contribution in [0, 0.1) is 0 Å². The molecule has 0 bridgehead atoms. The van der Waals surface area contributed by atoms with E-state index in [9.17, 15) is 4.79 Å². The molecule has 2 aromatic rings. The molecule has 0 radical (unpaired) electrons. The van der Waals surface area contributed by atoms with Crippen molar-refractivity contribution >= 4 is 17.0 Å². The van der Waals surface area contributed by atoms with Crippen LogP contribution < -0.4 is 0 Å². The number of hydrogen-bond acceptors (Lipinski definition) is 3. The van der Waals surface area contributed by atoms with Crippen LogP contribution in [0.15, 0.2) is 24.5 Å². The van der Waals surface area contributed by atoms with Crippen molar-refractivity contribution < 1.29 is 9.53 Å². The molecular weight excluding hydrogens is 228 g/mol. The fourth-order valence-corrected chi connectivity index (χ4v) is 2.02. The Morgan fingerprint density at radius 3 is 2.94 bits per heavy atom. The Hall–Kier alpha value is -1.84. The summed E-state index contributed by atoms with van der Waals surface area (Å²) >= 11 is 0. The second kappa shape index (κ2) is 5.67. The molecule has 0 saturated heterocycles. The van der Waals surface area contributed by atoms with Crippen molar-refractivity contribution in [3.8, 4) is 0 Å². The van der Waals surface area contributed by atoms with Crippen LogP contribution in [0.3, 0.4) is 0 Å². The summed E-state index contributed by atoms with van der Waals surface area (Å²) in [6.45, 7) is 3.16. The van der Waals surface area contributed by atoms with E-state index < -0.39 is 0 Å². The average molecular weight is 246 g/mol. The molecule has 96 valence electrons. The standard InChI is InChI=1S/C14H18N2O2/c1-3-4-5-8-16-10-15-12-9-11(14(17)18-2)6-7-13(12)16/h6-7,9-10H,3-5,8H2,1-2H3. The molecule has 0 amide bonds. The second-order valence-electron chi connectivity index (χ2n) is 4.34. The molecule has 1 aromatic heterocycles. The van der Waals surface area contributed by atoms with Crippen molar-refractivity contribution in [3.63, 3.8) is 0 Å². The van der Waals surface area contributed by atoms with E-state index in [4.69, 9.17) is 4.74 Å². The Morgan fingerprint density at radius 1 is 1.39 bits per heavy atom. The van der Waals surface area contributed by atoms with Crippen LogP contribution in [-0.4, -0.2) is 22.6 Å². The molecule has 0 saturated carbocycles. The third kappa shape index (κ3) is 2.53. The molecule has 0 N–H and O–H groups in total. The zero-order valence-electron chi connectivity index (χ0n) is 10.8. The van der Waals surface area contributed by atoms with E-state index >= 15 is 0 Å². The van der Waals surface area contributed by atoms with Crippen molar-refractivity contribution in [1.82, 2.24) is 9.55 Å². The summed E-state index contributed by atoms with van der Waals surface area (Å²) in [6, 6.07) is 5.49. The molecular formula is C14H18N2O2. The summed E-state index contributed by atoms with van der Waals surface area (Å²) < 4.78 is 6.83. The number of benzene rings is 1. The first-order valence-corrected chi connectivity index (χ1v) is 6.29. The number of hydrogen-bond donors (Lipinski definition) is 0. The molecule has 0 fully saturated rings. The molecule has 1 heterocycles. The van der Waals surface area contributed by atoms with E-state index in [1.165, 1.54) is 20.0 Å². The normalized spacial score (nSPS) is 10.8. The lowest BCUT2D eigenvalue weighted by atomic mass is 10.2. The molecule has 4 heteroatoms. The first kappa shape index (κ1) is 12.6. The highest BCUT2D eigenvalue weighted by molar-refractivity contribution is 5.93. The van der Waals surface area contributed by atoms with Crippen molar-refractivity contribution in [1.29, 1.82) is 0 Å². The summed E-state index contributed by atoms with van der Waals surface area (Å²) in [7, 11) is 1.38. The van der Waals surface area contributed by atoms with Gasteiger partial charge in [0.1, 0.15) is 0 Å². The predicted molar refractivity (Wildman–Crippen MR) is 70.6 cm³/mol. The highest BCUT2D eigenvalue weighted by atomic mass is 16.5. The summed E-state index contributed by atoms with van der Waals surface area (Å²) in [5.41, 5.74) is 2.46. The summed E-state index contributed by atoms with van der Waals surface area (Å²) in [5, 5.41) is 0. The van der Waals surface area contributed by atoms with Gasteiger partial charge in [0, 0.05) is 6.54 Å². The number of unbranched alkanes of at least 4 members (excludes halogenated alkanes) is 2. The number of aromatic nitrogens is 2. The smallest absolute Gasteiger partial charge is 0.337 e. The van der Waals surface area contributed by atoms with E-state index in [1.54, 1.807) is 12.1 Å². The van der Waals surface area contributed by atoms with E-state index in [0.29, 0.717) is 5.56 Å². The lowest BCUT2D eigenvalue weighted by Gasteiger charge is -2.04. The maximum absolute atomic E-state index is 11.4. The largest absolute Gasteiger partial charge is 0.465 e. The minimum atomic E-state index is -0.322. The van der Waals surface area contributed by atoms with Gasteiger partial charge in [-0.1, -0.05) is 19.8 Å². The fraction of sp³-hybridized carbons (Fsp3) is 0.429. The molecule has 0 atom stereocenters. The molecule has 2 rings (SSSR count).